The van der Waals surface area contributed by atoms with Crippen LogP contribution in [0.1, 0.15) is 25.3 Å². The van der Waals surface area contributed by atoms with Crippen LogP contribution < -0.4 is 10.6 Å². The van der Waals surface area contributed by atoms with Gasteiger partial charge in [0.15, 0.2) is 5.96 Å². The number of nitrogens with zero attached hydrogens (tertiary/aromatic N) is 4. The van der Waals surface area contributed by atoms with Crippen LogP contribution in [0.3, 0.4) is 0 Å². The molecule has 0 unspecified atom stereocenters. The molecular weight excluding hydrogens is 276 g/mol. The monoisotopic (exact) mass is 298 g/mol. The smallest absolute Gasteiger partial charge is 0.191 e. The van der Waals surface area contributed by atoms with E-state index >= 15 is 0 Å². The molecule has 0 saturated heterocycles. The van der Waals surface area contributed by atoms with E-state index in [9.17, 15) is 0 Å². The third-order valence-electron chi connectivity index (χ3n) is 3.60. The second-order valence-corrected chi connectivity index (χ2v) is 5.51. The normalized spacial score (nSPS) is 14.9. The molecule has 1 aliphatic carbocycles. The van der Waals surface area contributed by atoms with E-state index < -0.39 is 0 Å². The van der Waals surface area contributed by atoms with Gasteiger partial charge in [-0.05, 0) is 43.4 Å². The summed E-state index contributed by atoms with van der Waals surface area (Å²) in [6, 6.07) is 4.03. The Labute approximate surface area is 130 Å². The first-order valence-electron chi connectivity index (χ1n) is 7.80. The van der Waals surface area contributed by atoms with Gasteiger partial charge in [0.1, 0.15) is 12.1 Å². The molecule has 2 N–H and O–H groups in total. The topological polar surface area (TPSA) is 67.1 Å². The molecule has 1 fully saturated rings. The van der Waals surface area contributed by atoms with Gasteiger partial charge < -0.3 is 10.6 Å². The van der Waals surface area contributed by atoms with Gasteiger partial charge in [-0.25, -0.2) is 15.0 Å². The lowest BCUT2D eigenvalue weighted by molar-refractivity contribution is 0.739. The van der Waals surface area contributed by atoms with Crippen LogP contribution in [-0.2, 0) is 6.54 Å². The Morgan fingerprint density at radius 1 is 1.36 bits per heavy atom. The largest absolute Gasteiger partial charge is 0.357 e. The Hall–Kier alpha value is -2.37. The third kappa shape index (κ3) is 4.07. The molecule has 6 heteroatoms. The lowest BCUT2D eigenvalue weighted by Gasteiger charge is -2.11. The van der Waals surface area contributed by atoms with E-state index in [-0.39, 0.29) is 0 Å². The van der Waals surface area contributed by atoms with Gasteiger partial charge in [-0.3, -0.25) is 4.57 Å². The summed E-state index contributed by atoms with van der Waals surface area (Å²) < 4.78 is 1.89. The van der Waals surface area contributed by atoms with E-state index in [0.717, 1.165) is 36.3 Å². The minimum Gasteiger partial charge on any atom is -0.357 e. The van der Waals surface area contributed by atoms with Crippen molar-refractivity contribution in [1.82, 2.24) is 25.2 Å². The molecule has 1 saturated carbocycles. The zero-order valence-corrected chi connectivity index (χ0v) is 12.9. The number of aromatic nitrogens is 3. The summed E-state index contributed by atoms with van der Waals surface area (Å²) in [7, 11) is 0. The minimum absolute atomic E-state index is 0.629. The number of nitrogens with one attached hydrogen (secondary N) is 2. The number of imidazole rings is 1. The predicted octanol–water partition coefficient (Wildman–Crippen LogP) is 1.73. The standard InChI is InChI=1S/C16H22N6/c1-2-18-16(20-10-13-3-4-13)21-11-14-5-6-19-15(9-14)22-8-7-17-12-22/h5-9,12-13H,2-4,10-11H2,1H3,(H2,18,20,21). The Bertz CT molecular complexity index is 615. The fourth-order valence-electron chi connectivity index (χ4n) is 2.17. The zero-order chi connectivity index (χ0) is 15.2. The number of guanidine groups is 1. The van der Waals surface area contributed by atoms with Gasteiger partial charge in [0.05, 0.1) is 6.54 Å². The van der Waals surface area contributed by atoms with Crippen LogP contribution in [0.25, 0.3) is 5.82 Å². The lowest BCUT2D eigenvalue weighted by Crippen LogP contribution is -2.38. The van der Waals surface area contributed by atoms with Gasteiger partial charge in [-0.2, -0.15) is 0 Å². The van der Waals surface area contributed by atoms with Crippen molar-refractivity contribution < 1.29 is 0 Å². The van der Waals surface area contributed by atoms with Crippen molar-refractivity contribution in [3.8, 4) is 5.82 Å². The quantitative estimate of drug-likeness (QED) is 0.629. The van der Waals surface area contributed by atoms with Gasteiger partial charge in [0.2, 0.25) is 0 Å². The molecule has 0 aromatic carbocycles. The lowest BCUT2D eigenvalue weighted by atomic mass is 10.2. The predicted molar refractivity (Wildman–Crippen MR) is 86.9 cm³/mol. The summed E-state index contributed by atoms with van der Waals surface area (Å²) in [6.07, 6.45) is 9.87. The molecule has 22 heavy (non-hydrogen) atoms. The maximum absolute atomic E-state index is 4.65. The van der Waals surface area contributed by atoms with E-state index in [1.54, 1.807) is 12.5 Å². The average Bonchev–Trinajstić information content (AvgIpc) is 3.21. The highest BCUT2D eigenvalue weighted by molar-refractivity contribution is 5.79. The molecule has 6 nitrogen and oxygen atoms in total. The SMILES string of the molecule is CCNC(=NCc1ccnc(-n2ccnc2)c1)NCC1CC1. The van der Waals surface area contributed by atoms with Gasteiger partial charge in [-0.15, -0.1) is 0 Å². The van der Waals surface area contributed by atoms with E-state index in [1.807, 2.05) is 29.1 Å². The maximum Gasteiger partial charge on any atom is 0.191 e. The molecule has 116 valence electrons. The minimum atomic E-state index is 0.629. The molecule has 0 spiro atoms. The van der Waals surface area contributed by atoms with Crippen molar-refractivity contribution in [3.05, 3.63) is 42.6 Å². The molecule has 2 aromatic heterocycles. The first-order valence-corrected chi connectivity index (χ1v) is 7.80. The van der Waals surface area contributed by atoms with Gasteiger partial charge in [-0.1, -0.05) is 0 Å². The van der Waals surface area contributed by atoms with E-state index in [0.29, 0.717) is 6.54 Å². The first-order chi connectivity index (χ1) is 10.8. The number of hydrogen-bond donors (Lipinski definition) is 2. The van der Waals surface area contributed by atoms with Crippen LogP contribution in [0.5, 0.6) is 0 Å². The third-order valence-corrected chi connectivity index (χ3v) is 3.60. The molecule has 0 amide bonds. The summed E-state index contributed by atoms with van der Waals surface area (Å²) >= 11 is 0. The van der Waals surface area contributed by atoms with E-state index in [2.05, 4.69) is 32.5 Å². The highest BCUT2D eigenvalue weighted by atomic mass is 15.2. The van der Waals surface area contributed by atoms with Crippen LogP contribution >= 0.6 is 0 Å². The summed E-state index contributed by atoms with van der Waals surface area (Å²) in [4.78, 5) is 13.1. The summed E-state index contributed by atoms with van der Waals surface area (Å²) in [6.45, 7) is 4.59. The van der Waals surface area contributed by atoms with Crippen molar-refractivity contribution in [2.45, 2.75) is 26.3 Å². The van der Waals surface area contributed by atoms with Crippen molar-refractivity contribution >= 4 is 5.96 Å². The first kappa shape index (κ1) is 14.6. The average molecular weight is 298 g/mol. The molecule has 0 bridgehead atoms. The van der Waals surface area contributed by atoms with Gasteiger partial charge in [0, 0.05) is 31.7 Å². The Kier molecular flexibility index (Phi) is 4.68. The van der Waals surface area contributed by atoms with Crippen molar-refractivity contribution in [3.63, 3.8) is 0 Å². The zero-order valence-electron chi connectivity index (χ0n) is 12.9. The van der Waals surface area contributed by atoms with E-state index in [1.165, 1.54) is 12.8 Å². The van der Waals surface area contributed by atoms with Crippen molar-refractivity contribution in [1.29, 1.82) is 0 Å². The highest BCUT2D eigenvalue weighted by Crippen LogP contribution is 2.27. The molecule has 2 aromatic rings. The number of aliphatic imine (C=N–C) groups is 1. The summed E-state index contributed by atoms with van der Waals surface area (Å²) in [5.41, 5.74) is 1.13. The number of pyridine rings is 1. The maximum atomic E-state index is 4.65. The van der Waals surface area contributed by atoms with Crippen LogP contribution in [0.15, 0.2) is 42.0 Å². The molecule has 1 aliphatic rings. The molecule has 3 rings (SSSR count). The Morgan fingerprint density at radius 3 is 3.00 bits per heavy atom. The van der Waals surface area contributed by atoms with Crippen LogP contribution in [0.2, 0.25) is 0 Å². The number of hydrogen-bond acceptors (Lipinski definition) is 3. The van der Waals surface area contributed by atoms with E-state index in [4.69, 9.17) is 0 Å². The fraction of sp³-hybridized carbons (Fsp3) is 0.438. The number of rotatable bonds is 6. The van der Waals surface area contributed by atoms with Crippen LogP contribution in [-0.4, -0.2) is 33.6 Å². The molecular formula is C16H22N6. The van der Waals surface area contributed by atoms with Crippen molar-refractivity contribution in [2.75, 3.05) is 13.1 Å². The second-order valence-electron chi connectivity index (χ2n) is 5.51. The summed E-state index contributed by atoms with van der Waals surface area (Å²) in [5.74, 6) is 2.58. The van der Waals surface area contributed by atoms with Crippen LogP contribution in [0, 0.1) is 5.92 Å². The molecule has 2 heterocycles. The molecule has 0 radical (unpaired) electrons. The van der Waals surface area contributed by atoms with Gasteiger partial charge >= 0.3 is 0 Å². The molecule has 0 atom stereocenters. The highest BCUT2D eigenvalue weighted by Gasteiger charge is 2.20. The summed E-state index contributed by atoms with van der Waals surface area (Å²) in [5, 5.41) is 6.69. The Balaban J connectivity index is 1.65. The Morgan fingerprint density at radius 2 is 2.27 bits per heavy atom. The van der Waals surface area contributed by atoms with Crippen LogP contribution in [0.4, 0.5) is 0 Å². The molecule has 0 aliphatic heterocycles. The second kappa shape index (κ2) is 7.06. The fourth-order valence-corrected chi connectivity index (χ4v) is 2.17. The van der Waals surface area contributed by atoms with Gasteiger partial charge in [0.25, 0.3) is 0 Å². The van der Waals surface area contributed by atoms with Crippen molar-refractivity contribution in [2.24, 2.45) is 10.9 Å².